The molecule has 10 heteroatoms. The van der Waals surface area contributed by atoms with Crippen LogP contribution in [0.15, 0.2) is 55.0 Å². The summed E-state index contributed by atoms with van der Waals surface area (Å²) in [7, 11) is 2.17. The van der Waals surface area contributed by atoms with Crippen molar-refractivity contribution in [3.63, 3.8) is 0 Å². The monoisotopic (exact) mass is 549 g/mol. The first-order chi connectivity index (χ1) is 20.1. The van der Waals surface area contributed by atoms with Crippen molar-refractivity contribution < 1.29 is 4.79 Å². The van der Waals surface area contributed by atoms with Gasteiger partial charge in [-0.15, -0.1) is 0 Å². The van der Waals surface area contributed by atoms with E-state index >= 15 is 0 Å². The maximum atomic E-state index is 12.7. The minimum absolute atomic E-state index is 0.0480. The number of nitrogens with one attached hydrogen (secondary N) is 4. The maximum Gasteiger partial charge on any atom is 0.224 e. The standard InChI is InChI=1S/C31H35N9O/c1-39-10-12-40(13-11-39)28-6-9-34-31-25(28)17-27(36-31)30-24-16-21(2-3-26(24)37-38-30)22-15-23(19-33-18-22)35-29(41)14-20-4-7-32-8-5-20/h2-3,6,9,15-20,32H,4-5,7-8,10-14H2,1H3,(H,34,36)(H,35,41)(H,37,38). The molecule has 0 aliphatic carbocycles. The fraction of sp³-hybridized carbons (Fsp3) is 0.355. The number of carbonyl (C=O) groups excluding carboxylic acids is 1. The van der Waals surface area contributed by atoms with Crippen LogP contribution in [0, 0.1) is 5.92 Å². The van der Waals surface area contributed by atoms with Gasteiger partial charge in [-0.2, -0.15) is 5.10 Å². The van der Waals surface area contributed by atoms with E-state index in [1.807, 2.05) is 24.5 Å². The molecule has 5 aromatic rings. The Hall–Kier alpha value is -4.28. The van der Waals surface area contributed by atoms with Crippen LogP contribution in [0.25, 0.3) is 44.5 Å². The molecular weight excluding hydrogens is 514 g/mol. The number of aromatic amines is 2. The number of pyridine rings is 2. The number of rotatable bonds is 6. The molecule has 0 radical (unpaired) electrons. The van der Waals surface area contributed by atoms with Gasteiger partial charge in [0, 0.05) is 67.0 Å². The number of piperidine rings is 1. The van der Waals surface area contributed by atoms with E-state index in [0.717, 1.165) is 96.6 Å². The van der Waals surface area contributed by atoms with Gasteiger partial charge in [0.2, 0.25) is 5.91 Å². The van der Waals surface area contributed by atoms with Gasteiger partial charge in [-0.1, -0.05) is 6.07 Å². The predicted molar refractivity (Wildman–Crippen MR) is 163 cm³/mol. The van der Waals surface area contributed by atoms with Crippen molar-refractivity contribution in [2.24, 2.45) is 5.92 Å². The number of benzene rings is 1. The molecule has 1 amide bonds. The lowest BCUT2D eigenvalue weighted by atomic mass is 9.94. The zero-order chi connectivity index (χ0) is 27.8. The molecule has 0 spiro atoms. The summed E-state index contributed by atoms with van der Waals surface area (Å²) in [6.45, 7) is 6.06. The van der Waals surface area contributed by atoms with E-state index in [9.17, 15) is 4.79 Å². The number of piperazine rings is 1. The summed E-state index contributed by atoms with van der Waals surface area (Å²) in [6.07, 6.45) is 8.05. The molecule has 4 aromatic heterocycles. The van der Waals surface area contributed by atoms with Crippen molar-refractivity contribution >= 4 is 39.2 Å². The van der Waals surface area contributed by atoms with E-state index in [2.05, 4.69) is 76.9 Å². The second kappa shape index (κ2) is 10.9. The van der Waals surface area contributed by atoms with Crippen molar-refractivity contribution in [1.82, 2.24) is 35.4 Å². The molecule has 1 aromatic carbocycles. The Bertz CT molecular complexity index is 1690. The summed E-state index contributed by atoms with van der Waals surface area (Å²) >= 11 is 0. The first-order valence-electron chi connectivity index (χ1n) is 14.5. The van der Waals surface area contributed by atoms with Crippen LogP contribution < -0.4 is 15.5 Å². The van der Waals surface area contributed by atoms with Gasteiger partial charge >= 0.3 is 0 Å². The molecule has 2 aliphatic heterocycles. The van der Waals surface area contributed by atoms with Crippen LogP contribution >= 0.6 is 0 Å². The number of hydrogen-bond donors (Lipinski definition) is 4. The molecule has 0 atom stereocenters. The van der Waals surface area contributed by atoms with Crippen LogP contribution in [0.3, 0.4) is 0 Å². The van der Waals surface area contributed by atoms with Gasteiger partial charge in [0.1, 0.15) is 11.3 Å². The molecule has 0 unspecified atom stereocenters. The van der Waals surface area contributed by atoms with E-state index in [-0.39, 0.29) is 5.91 Å². The van der Waals surface area contributed by atoms with Gasteiger partial charge < -0.3 is 25.4 Å². The van der Waals surface area contributed by atoms with Gasteiger partial charge in [-0.3, -0.25) is 14.9 Å². The van der Waals surface area contributed by atoms with Crippen LogP contribution in [-0.2, 0) is 4.79 Å². The lowest BCUT2D eigenvalue weighted by Gasteiger charge is -2.34. The van der Waals surface area contributed by atoms with Crippen LogP contribution in [0.4, 0.5) is 11.4 Å². The second-order valence-electron chi connectivity index (χ2n) is 11.3. The molecule has 2 saturated heterocycles. The van der Waals surface area contributed by atoms with Crippen molar-refractivity contribution in [3.05, 3.63) is 55.0 Å². The van der Waals surface area contributed by atoms with Crippen molar-refractivity contribution in [2.75, 3.05) is 56.5 Å². The van der Waals surface area contributed by atoms with Crippen molar-refractivity contribution in [2.45, 2.75) is 19.3 Å². The molecule has 10 nitrogen and oxygen atoms in total. The van der Waals surface area contributed by atoms with Gasteiger partial charge in [0.15, 0.2) is 0 Å². The molecular formula is C31H35N9O. The van der Waals surface area contributed by atoms with E-state index < -0.39 is 0 Å². The minimum atomic E-state index is 0.0480. The summed E-state index contributed by atoms with van der Waals surface area (Å²) in [5.41, 5.74) is 7.46. The largest absolute Gasteiger partial charge is 0.368 e. The van der Waals surface area contributed by atoms with Crippen LogP contribution in [0.2, 0.25) is 0 Å². The highest BCUT2D eigenvalue weighted by molar-refractivity contribution is 6.00. The quantitative estimate of drug-likeness (QED) is 0.250. The maximum absolute atomic E-state index is 12.7. The Morgan fingerprint density at radius 2 is 1.85 bits per heavy atom. The Morgan fingerprint density at radius 3 is 2.71 bits per heavy atom. The number of carbonyl (C=O) groups is 1. The summed E-state index contributed by atoms with van der Waals surface area (Å²) in [5, 5.41) is 16.4. The van der Waals surface area contributed by atoms with Gasteiger partial charge in [-0.05, 0) is 74.8 Å². The Kier molecular flexibility index (Phi) is 6.85. The van der Waals surface area contributed by atoms with E-state index in [1.54, 1.807) is 6.20 Å². The average Bonchev–Trinajstić information content (AvgIpc) is 3.62. The summed E-state index contributed by atoms with van der Waals surface area (Å²) in [6, 6.07) is 12.5. The van der Waals surface area contributed by atoms with Crippen LogP contribution in [-0.4, -0.2) is 82.3 Å². The number of H-pyrrole nitrogens is 2. The average molecular weight is 550 g/mol. The smallest absolute Gasteiger partial charge is 0.224 e. The second-order valence-corrected chi connectivity index (χ2v) is 11.3. The predicted octanol–water partition coefficient (Wildman–Crippen LogP) is 4.25. The number of amides is 1. The van der Waals surface area contributed by atoms with Crippen molar-refractivity contribution in [3.8, 4) is 22.5 Å². The van der Waals surface area contributed by atoms with E-state index in [4.69, 9.17) is 0 Å². The SMILES string of the molecule is CN1CCN(c2ccnc3[nH]c(-c4n[nH]c5ccc(-c6cncc(NC(=O)CC7CCNCC7)c6)cc45)cc23)CC1. The van der Waals surface area contributed by atoms with E-state index in [0.29, 0.717) is 18.0 Å². The van der Waals surface area contributed by atoms with E-state index in [1.165, 1.54) is 5.69 Å². The van der Waals surface area contributed by atoms with Crippen molar-refractivity contribution in [1.29, 1.82) is 0 Å². The highest BCUT2D eigenvalue weighted by Crippen LogP contribution is 2.34. The Morgan fingerprint density at radius 1 is 1.00 bits per heavy atom. The number of nitrogens with zero attached hydrogens (tertiary/aromatic N) is 5. The number of hydrogen-bond acceptors (Lipinski definition) is 7. The first kappa shape index (κ1) is 25.7. The molecule has 210 valence electrons. The van der Waals surface area contributed by atoms with Crippen LogP contribution in [0.5, 0.6) is 0 Å². The van der Waals surface area contributed by atoms with Crippen LogP contribution in [0.1, 0.15) is 19.3 Å². The fourth-order valence-electron chi connectivity index (χ4n) is 6.09. The molecule has 2 aliphatic rings. The molecule has 0 saturated carbocycles. The number of anilines is 2. The fourth-order valence-corrected chi connectivity index (χ4v) is 6.09. The summed E-state index contributed by atoms with van der Waals surface area (Å²) < 4.78 is 0. The number of aromatic nitrogens is 5. The molecule has 4 N–H and O–H groups in total. The lowest BCUT2D eigenvalue weighted by Crippen LogP contribution is -2.44. The normalized spacial score (nSPS) is 17.0. The highest BCUT2D eigenvalue weighted by Gasteiger charge is 2.20. The molecule has 0 bridgehead atoms. The Balaban J connectivity index is 1.16. The topological polar surface area (TPSA) is 118 Å². The van der Waals surface area contributed by atoms with Gasteiger partial charge in [0.05, 0.1) is 23.1 Å². The first-order valence-corrected chi connectivity index (χ1v) is 14.5. The number of fused-ring (bicyclic) bond motifs is 2. The third-order valence-electron chi connectivity index (χ3n) is 8.46. The third kappa shape index (κ3) is 5.28. The zero-order valence-electron chi connectivity index (χ0n) is 23.3. The molecule has 41 heavy (non-hydrogen) atoms. The zero-order valence-corrected chi connectivity index (χ0v) is 23.3. The summed E-state index contributed by atoms with van der Waals surface area (Å²) in [5.74, 6) is 0.485. The molecule has 7 rings (SSSR count). The minimum Gasteiger partial charge on any atom is -0.368 e. The lowest BCUT2D eigenvalue weighted by molar-refractivity contribution is -0.117. The number of likely N-dealkylation sites (N-methyl/N-ethyl adjacent to an activating group) is 1. The highest BCUT2D eigenvalue weighted by atomic mass is 16.1. The molecule has 6 heterocycles. The molecule has 2 fully saturated rings. The van der Waals surface area contributed by atoms with Gasteiger partial charge in [0.25, 0.3) is 0 Å². The summed E-state index contributed by atoms with van der Waals surface area (Å²) in [4.78, 5) is 30.1. The van der Waals surface area contributed by atoms with Gasteiger partial charge in [-0.25, -0.2) is 4.98 Å². The Labute approximate surface area is 238 Å². The third-order valence-corrected chi connectivity index (χ3v) is 8.46.